The highest BCUT2D eigenvalue weighted by Gasteiger charge is 2.35. The van der Waals surface area contributed by atoms with Crippen molar-refractivity contribution in [3.05, 3.63) is 53.2 Å². The summed E-state index contributed by atoms with van der Waals surface area (Å²) in [5.41, 5.74) is 0.310. The molecule has 0 unspecified atom stereocenters. The molecule has 7 nitrogen and oxygen atoms in total. The van der Waals surface area contributed by atoms with Crippen LogP contribution < -0.4 is 15.0 Å². The van der Waals surface area contributed by atoms with Gasteiger partial charge in [0.05, 0.1) is 10.9 Å². The van der Waals surface area contributed by atoms with Crippen molar-refractivity contribution in [2.45, 2.75) is 43.6 Å². The molecule has 218 valence electrons. The number of alkyl halides is 1. The van der Waals surface area contributed by atoms with Gasteiger partial charge in [-0.2, -0.15) is 9.97 Å². The first-order chi connectivity index (χ1) is 20.8. The Morgan fingerprint density at radius 1 is 1.00 bits per heavy atom. The first kappa shape index (κ1) is 27.5. The Labute approximate surface area is 247 Å². The van der Waals surface area contributed by atoms with E-state index in [1.807, 2.05) is 11.9 Å². The van der Waals surface area contributed by atoms with Crippen LogP contribution >= 0.6 is 0 Å². The van der Waals surface area contributed by atoms with Crippen LogP contribution in [-0.4, -0.2) is 77.4 Å². The predicted octanol–water partition coefficient (Wildman–Crippen LogP) is 4.45. The molecule has 5 heterocycles. The minimum Gasteiger partial charge on any atom is -0.462 e. The monoisotopic (exact) mass is 582 g/mol. The quantitative estimate of drug-likeness (QED) is 0.349. The maximum Gasteiger partial charge on any atom is 0.319 e. The summed E-state index contributed by atoms with van der Waals surface area (Å²) in [6.45, 7) is 1.77. The lowest BCUT2D eigenvalue weighted by molar-refractivity contribution is 0.188. The maximum absolute atomic E-state index is 16.8. The van der Waals surface area contributed by atoms with Crippen molar-refractivity contribution in [3.8, 4) is 42.0 Å². The van der Waals surface area contributed by atoms with E-state index in [1.165, 1.54) is 6.07 Å². The van der Waals surface area contributed by atoms with E-state index >= 15 is 4.39 Å². The van der Waals surface area contributed by atoms with E-state index in [1.54, 1.807) is 24.3 Å². The SMILES string of the molecule is C#Cc1c(F)ccc2cccc(-c3nc(C#C)c4c(N5C[C@H]6CC[C@@H](C5)N6)nc(OC[C@@H]5C[C@H](F)CN5C)nc4c3F)c12. The zero-order valence-electron chi connectivity index (χ0n) is 23.6. The summed E-state index contributed by atoms with van der Waals surface area (Å²) in [4.78, 5) is 17.8. The van der Waals surface area contributed by atoms with E-state index in [0.29, 0.717) is 53.6 Å². The number of hydrogen-bond acceptors (Lipinski definition) is 7. The van der Waals surface area contributed by atoms with E-state index < -0.39 is 17.8 Å². The average molecular weight is 583 g/mol. The van der Waals surface area contributed by atoms with Gasteiger partial charge >= 0.3 is 6.01 Å². The minimum absolute atomic E-state index is 0.00666. The average Bonchev–Trinajstić information content (AvgIpc) is 3.53. The highest BCUT2D eigenvalue weighted by atomic mass is 19.1. The molecule has 3 aliphatic heterocycles. The second-order valence-electron chi connectivity index (χ2n) is 11.6. The third-order valence-electron chi connectivity index (χ3n) is 8.83. The molecule has 2 aromatic carbocycles. The number of fused-ring (bicyclic) bond motifs is 4. The van der Waals surface area contributed by atoms with E-state index in [2.05, 4.69) is 32.0 Å². The van der Waals surface area contributed by atoms with Crippen LogP contribution in [0.15, 0.2) is 30.3 Å². The number of ether oxygens (including phenoxy) is 1. The standard InChI is InChI=1S/C33H29F3N6O/c1-4-23-25(35)12-9-18-7-6-8-24(27(18)23)30-29(36)31-28(26(5-2)38-30)32(42-15-20-10-11-21(16-42)37-20)40-33(39-31)43-17-22-13-19(34)14-41(22)3/h1-2,6-9,12,19-22,37H,10-11,13-17H2,3H3/t19-,20-,21+,22-/m0/s1. The Bertz CT molecular complexity index is 1840. The number of pyridine rings is 1. The number of halogens is 3. The molecule has 0 spiro atoms. The molecule has 0 saturated carbocycles. The van der Waals surface area contributed by atoms with Gasteiger partial charge in [0.15, 0.2) is 5.82 Å². The second-order valence-corrected chi connectivity index (χ2v) is 11.6. The number of likely N-dealkylation sites (N-methyl/N-ethyl adjacent to an activating group) is 1. The summed E-state index contributed by atoms with van der Waals surface area (Å²) in [5.74, 6) is 4.12. The van der Waals surface area contributed by atoms with Crippen LogP contribution in [0.1, 0.15) is 30.5 Å². The van der Waals surface area contributed by atoms with Crippen molar-refractivity contribution in [3.63, 3.8) is 0 Å². The van der Waals surface area contributed by atoms with Gasteiger partial charge in [-0.3, -0.25) is 4.90 Å². The zero-order chi connectivity index (χ0) is 29.8. The largest absolute Gasteiger partial charge is 0.462 e. The molecule has 3 saturated heterocycles. The normalized spacial score (nSPS) is 23.5. The van der Waals surface area contributed by atoms with Gasteiger partial charge in [-0.15, -0.1) is 12.8 Å². The molecule has 43 heavy (non-hydrogen) atoms. The number of benzene rings is 2. The molecular formula is C33H29F3N6O. The molecule has 3 aliphatic rings. The first-order valence-corrected chi connectivity index (χ1v) is 14.4. The minimum atomic E-state index is -0.939. The van der Waals surface area contributed by atoms with Gasteiger partial charge in [0, 0.05) is 48.7 Å². The lowest BCUT2D eigenvalue weighted by Gasteiger charge is -2.34. The van der Waals surface area contributed by atoms with Gasteiger partial charge in [0.2, 0.25) is 0 Å². The topological polar surface area (TPSA) is 66.4 Å². The summed E-state index contributed by atoms with van der Waals surface area (Å²) >= 11 is 0. The van der Waals surface area contributed by atoms with Gasteiger partial charge in [-0.1, -0.05) is 30.2 Å². The van der Waals surface area contributed by atoms with Gasteiger partial charge in [-0.05, 0) is 43.7 Å². The fourth-order valence-corrected chi connectivity index (χ4v) is 6.75. The van der Waals surface area contributed by atoms with Gasteiger partial charge < -0.3 is 15.0 Å². The molecule has 1 N–H and O–H groups in total. The number of terminal acetylenes is 2. The summed E-state index contributed by atoms with van der Waals surface area (Å²) in [5, 5.41) is 4.89. The van der Waals surface area contributed by atoms with Crippen molar-refractivity contribution < 1.29 is 17.9 Å². The number of nitrogens with one attached hydrogen (secondary N) is 1. The summed E-state index contributed by atoms with van der Waals surface area (Å²) in [6.07, 6.45) is 13.1. The molecule has 0 aliphatic carbocycles. The molecular weight excluding hydrogens is 553 g/mol. The van der Waals surface area contributed by atoms with Crippen LogP contribution in [0.3, 0.4) is 0 Å². The number of anilines is 1. The molecule has 3 fully saturated rings. The molecule has 7 rings (SSSR count). The van der Waals surface area contributed by atoms with Crippen molar-refractivity contribution in [2.75, 3.05) is 38.2 Å². The lowest BCUT2D eigenvalue weighted by Crippen LogP contribution is -2.51. The number of piperazine rings is 1. The van der Waals surface area contributed by atoms with E-state index in [-0.39, 0.29) is 53.2 Å². The Kier molecular flexibility index (Phi) is 6.84. The Hall–Kier alpha value is -4.38. The van der Waals surface area contributed by atoms with Crippen molar-refractivity contribution in [1.82, 2.24) is 25.2 Å². The van der Waals surface area contributed by atoms with Crippen molar-refractivity contribution in [2.24, 2.45) is 0 Å². The number of aromatic nitrogens is 3. The Morgan fingerprint density at radius 2 is 1.79 bits per heavy atom. The molecule has 2 aromatic heterocycles. The number of hydrogen-bond donors (Lipinski definition) is 1. The zero-order valence-corrected chi connectivity index (χ0v) is 23.6. The predicted molar refractivity (Wildman–Crippen MR) is 160 cm³/mol. The fourth-order valence-electron chi connectivity index (χ4n) is 6.75. The van der Waals surface area contributed by atoms with Crippen molar-refractivity contribution >= 4 is 27.5 Å². The Morgan fingerprint density at radius 3 is 2.49 bits per heavy atom. The van der Waals surface area contributed by atoms with Gasteiger partial charge in [0.25, 0.3) is 0 Å². The van der Waals surface area contributed by atoms with Gasteiger partial charge in [0.1, 0.15) is 41.3 Å². The third kappa shape index (κ3) is 4.71. The van der Waals surface area contributed by atoms with Crippen LogP contribution in [0.4, 0.5) is 19.0 Å². The van der Waals surface area contributed by atoms with E-state index in [0.717, 1.165) is 12.8 Å². The molecule has 2 bridgehead atoms. The number of nitrogens with zero attached hydrogens (tertiary/aromatic N) is 5. The lowest BCUT2D eigenvalue weighted by atomic mass is 9.96. The van der Waals surface area contributed by atoms with E-state index in [9.17, 15) is 8.78 Å². The smallest absolute Gasteiger partial charge is 0.319 e. The highest BCUT2D eigenvalue weighted by molar-refractivity contribution is 6.03. The van der Waals surface area contributed by atoms with Crippen molar-refractivity contribution in [1.29, 1.82) is 0 Å². The molecule has 10 heteroatoms. The first-order valence-electron chi connectivity index (χ1n) is 14.4. The number of rotatable bonds is 5. The molecule has 4 atom stereocenters. The maximum atomic E-state index is 16.8. The second kappa shape index (κ2) is 10.7. The van der Waals surface area contributed by atoms with Crippen LogP contribution in [0.25, 0.3) is 32.9 Å². The van der Waals surface area contributed by atoms with Crippen LogP contribution in [-0.2, 0) is 0 Å². The fraction of sp³-hybridized carbons (Fsp3) is 0.364. The molecule has 0 radical (unpaired) electrons. The third-order valence-corrected chi connectivity index (χ3v) is 8.83. The summed E-state index contributed by atoms with van der Waals surface area (Å²) in [7, 11) is 1.84. The number of likely N-dealkylation sites (tertiary alicyclic amines) is 1. The Balaban J connectivity index is 1.43. The van der Waals surface area contributed by atoms with E-state index in [4.69, 9.17) is 22.6 Å². The van der Waals surface area contributed by atoms with Gasteiger partial charge in [-0.25, -0.2) is 18.2 Å². The van der Waals surface area contributed by atoms with Crippen LogP contribution in [0.2, 0.25) is 0 Å². The highest BCUT2D eigenvalue weighted by Crippen LogP contribution is 2.39. The van der Waals surface area contributed by atoms with Crippen LogP contribution in [0.5, 0.6) is 6.01 Å². The van der Waals surface area contributed by atoms with Crippen LogP contribution in [0, 0.1) is 36.3 Å². The molecule has 4 aromatic rings. The summed E-state index contributed by atoms with van der Waals surface area (Å²) in [6, 6.07) is 8.34. The molecule has 0 amide bonds. The summed E-state index contributed by atoms with van der Waals surface area (Å²) < 4.78 is 51.6.